The number of nitrogens with one attached hydrogen (secondary N) is 5. The van der Waals surface area contributed by atoms with Gasteiger partial charge in [-0.3, -0.25) is 60.4 Å². The number of unbranched alkanes of at least 4 members (excludes halogenated alkanes) is 4. The summed E-state index contributed by atoms with van der Waals surface area (Å²) in [5, 5.41) is 23.4. The average molecular weight is 1920 g/mol. The van der Waals surface area contributed by atoms with Crippen molar-refractivity contribution in [2.45, 2.75) is 131 Å². The number of esters is 2. The van der Waals surface area contributed by atoms with Crippen molar-refractivity contribution in [1.29, 1.82) is 0 Å². The Balaban J connectivity index is 0.000000159. The Labute approximate surface area is 774 Å². The molecule has 3 aromatic heterocycles. The van der Waals surface area contributed by atoms with Crippen molar-refractivity contribution in [3.05, 3.63) is 279 Å². The van der Waals surface area contributed by atoms with Crippen LogP contribution in [0.25, 0.3) is 51.6 Å². The van der Waals surface area contributed by atoms with E-state index >= 15 is 0 Å². The first-order valence-corrected chi connectivity index (χ1v) is 50.6. The highest BCUT2D eigenvalue weighted by Gasteiger charge is 2.49. The first kappa shape index (κ1) is 98.8. The monoisotopic (exact) mass is 1920 g/mol. The largest absolute Gasteiger partial charge is 0.475 e. The normalized spacial score (nSPS) is 16.6. The highest BCUT2D eigenvalue weighted by molar-refractivity contribution is 8.32. The van der Waals surface area contributed by atoms with Gasteiger partial charge >= 0.3 is 17.9 Å². The van der Waals surface area contributed by atoms with Crippen molar-refractivity contribution in [1.82, 2.24) is 21.9 Å². The molecule has 0 saturated heterocycles. The molecule has 132 heavy (non-hydrogen) atoms. The van der Waals surface area contributed by atoms with Gasteiger partial charge in [-0.05, 0) is 162 Å². The number of sulfonamides is 1. The molecule has 0 atom stereocenters. The summed E-state index contributed by atoms with van der Waals surface area (Å²) in [6.07, 6.45) is 5.74. The minimum Gasteiger partial charge on any atom is -0.475 e. The maximum Gasteiger partial charge on any atom is 0.374 e. The summed E-state index contributed by atoms with van der Waals surface area (Å²) in [6, 6.07) is 59.2. The number of carboxylic acid groups (broad SMARTS) is 1. The van der Waals surface area contributed by atoms with E-state index in [-0.39, 0.29) is 91.0 Å². The number of thiophene rings is 1. The Hall–Kier alpha value is -12.3. The molecule has 0 bridgehead atoms. The molecule has 14 N–H and O–H groups in total. The molecule has 4 aliphatic rings. The smallest absolute Gasteiger partial charge is 0.374 e. The van der Waals surface area contributed by atoms with E-state index in [1.165, 1.54) is 46.0 Å². The fourth-order valence-corrected chi connectivity index (χ4v) is 23.7. The molecule has 32 nitrogen and oxygen atoms in total. The van der Waals surface area contributed by atoms with E-state index in [4.69, 9.17) is 23.4 Å². The summed E-state index contributed by atoms with van der Waals surface area (Å²) in [5.41, 5.74) is 5.60. The van der Waals surface area contributed by atoms with Gasteiger partial charge in [0.2, 0.25) is 17.4 Å². The van der Waals surface area contributed by atoms with Gasteiger partial charge in [-0.1, -0.05) is 218 Å². The number of aromatic carboxylic acids is 1. The van der Waals surface area contributed by atoms with Gasteiger partial charge in [-0.2, -0.15) is 0 Å². The Morgan fingerprint density at radius 3 is 1.09 bits per heavy atom. The highest BCUT2D eigenvalue weighted by Crippen LogP contribution is 2.66. The number of amides is 5. The molecule has 7 heterocycles. The maximum absolute atomic E-state index is 13.4. The molecule has 38 heteroatoms. The summed E-state index contributed by atoms with van der Waals surface area (Å²) < 4.78 is 142. The minimum absolute atomic E-state index is 0.0183. The minimum atomic E-state index is -4.00. The van der Waals surface area contributed by atoms with Crippen molar-refractivity contribution in [3.63, 3.8) is 0 Å². The molecule has 11 aromatic rings. The molecule has 700 valence electrons. The number of hydrogen-bond acceptors (Lipinski definition) is 27. The van der Waals surface area contributed by atoms with Crippen LogP contribution in [0.15, 0.2) is 249 Å². The topological polar surface area (TPSA) is 471 Å². The van der Waals surface area contributed by atoms with Crippen LogP contribution in [0.5, 0.6) is 0 Å². The van der Waals surface area contributed by atoms with Gasteiger partial charge in [-0.25, -0.2) is 44.7 Å². The number of benzene rings is 8. The van der Waals surface area contributed by atoms with Crippen LogP contribution in [-0.4, -0.2) is 153 Å². The third-order valence-electron chi connectivity index (χ3n) is 20.8. The molecule has 15 rings (SSSR count). The molecule has 0 spiro atoms. The molecule has 0 aliphatic carbocycles. The van der Waals surface area contributed by atoms with Crippen LogP contribution >= 0.6 is 54.4 Å². The van der Waals surface area contributed by atoms with Crippen LogP contribution < -0.4 is 26.0 Å². The highest BCUT2D eigenvalue weighted by atomic mass is 32.3. The number of nitrogens with zero attached hydrogens (tertiary/aromatic N) is 4. The number of anilines is 4. The van der Waals surface area contributed by atoms with Crippen LogP contribution in [0, 0.1) is 6.92 Å². The van der Waals surface area contributed by atoms with Crippen molar-refractivity contribution in [3.8, 4) is 0 Å². The molecule has 8 aromatic carbocycles. The number of furan rings is 2. The predicted octanol–water partition coefficient (Wildman–Crippen LogP) is 21.8. The van der Waals surface area contributed by atoms with Gasteiger partial charge < -0.3 is 44.7 Å². The van der Waals surface area contributed by atoms with E-state index in [0.29, 0.717) is 104 Å². The van der Waals surface area contributed by atoms with Crippen LogP contribution in [0.1, 0.15) is 172 Å². The van der Waals surface area contributed by atoms with Gasteiger partial charge in [-0.15, -0.1) is 11.3 Å². The zero-order valence-electron chi connectivity index (χ0n) is 73.9. The molecular formula is C94H105N9O23S6. The number of ether oxygens (including phenoxy) is 2. The average Bonchev–Trinajstić information content (AvgIpc) is 1.60. The maximum atomic E-state index is 13.4. The van der Waals surface area contributed by atoms with Crippen molar-refractivity contribution < 1.29 is 107 Å². The Kier molecular flexibility index (Phi) is 31.2. The molecule has 0 radical (unpaired) electrons. The molecule has 4 aliphatic heterocycles. The van der Waals surface area contributed by atoms with E-state index < -0.39 is 100 Å². The van der Waals surface area contributed by atoms with Gasteiger partial charge in [0, 0.05) is 93.6 Å². The summed E-state index contributed by atoms with van der Waals surface area (Å²) in [5.74, 6) is -4.87. The number of aryl methyl sites for hydroxylation is 1. The first-order valence-electron chi connectivity index (χ1n) is 42.3. The van der Waals surface area contributed by atoms with E-state index in [9.17, 15) is 83.2 Å². The fourth-order valence-electron chi connectivity index (χ4n) is 14.5. The standard InChI is InChI=1S/C26H30N2O6S.C25H28N2O5S2.C22H22N2O6S.C21H25N3O6S2/c1-5-6-14-28-24(29)22(23(35(28,31)32)17-10-8-7-9-11-17)27-19-12-13-20-18(15-19)16-21(33-20)25(30)34-26(2,3)4;1-4-6-14-27-24(28)21(23(34(27,30)31)17-10-8-7-9-11-17)26-18-12-13-20-19(15-18)16(3)22(33-20)25(29)32-5-2;1-2-3-11-24-21(25)19(20(31(24,28)29)14-7-5-4-6-8-14)23-16-9-10-17-15(12-16)13-18(30-17)22(26)27;1-3-4-14-24-21(26)19(20(32(24,29)30)16-8-6-5-7-9-16)22-17-10-12-18(13-11-17)31(27,28)23-15(2)25/h7-13,15-16,27,31-32H,5-6,14H2,1-4H3;7-13,15,26,30-31H,4-6,14H2,1-3H3;4-10,12-13,23,28-29H,2-3,11H2,1H3,(H,26,27);5-13,22,29-30H,3-4,14H2,1-2H3,(H,23,25). The van der Waals surface area contributed by atoms with E-state index in [1.807, 2.05) is 69.7 Å². The van der Waals surface area contributed by atoms with Gasteiger partial charge in [0.1, 0.15) is 64.1 Å². The Morgan fingerprint density at radius 1 is 0.432 bits per heavy atom. The molecular weight excluding hydrogens is 1820 g/mol. The lowest BCUT2D eigenvalue weighted by Gasteiger charge is -2.38. The van der Waals surface area contributed by atoms with Crippen LogP contribution in [-0.2, 0) is 43.5 Å². The summed E-state index contributed by atoms with van der Waals surface area (Å²) in [7, 11) is -18.1. The summed E-state index contributed by atoms with van der Waals surface area (Å²) >= 11 is 1.37. The predicted molar refractivity (Wildman–Crippen MR) is 520 cm³/mol. The third-order valence-corrected chi connectivity index (χ3v) is 31.3. The number of carboxylic acids is 1. The third kappa shape index (κ3) is 21.7. The lowest BCUT2D eigenvalue weighted by molar-refractivity contribution is -0.123. The molecule has 0 saturated carbocycles. The quantitative estimate of drug-likeness (QED) is 0.0186. The number of hydrogen-bond donors (Lipinski definition) is 14. The number of fused-ring (bicyclic) bond motifs is 3. The van der Waals surface area contributed by atoms with Crippen LogP contribution in [0.2, 0.25) is 0 Å². The number of rotatable bonds is 30. The fraction of sp³-hybridized carbons (Fsp3) is 0.255. The molecule has 5 amide bonds. The van der Waals surface area contributed by atoms with Crippen molar-refractivity contribution in [2.75, 3.05) is 54.1 Å². The van der Waals surface area contributed by atoms with E-state index in [1.54, 1.807) is 179 Å². The summed E-state index contributed by atoms with van der Waals surface area (Å²) in [4.78, 5) is 101. The van der Waals surface area contributed by atoms with Gasteiger partial charge in [0.15, 0.2) is 0 Å². The van der Waals surface area contributed by atoms with Crippen molar-refractivity contribution in [2.24, 2.45) is 0 Å². The number of carbonyl (C=O) groups excluding carboxylic acids is 7. The van der Waals surface area contributed by atoms with E-state index in [0.717, 1.165) is 61.2 Å². The second-order valence-electron chi connectivity index (χ2n) is 31.6. The van der Waals surface area contributed by atoms with E-state index in [2.05, 4.69) is 21.3 Å². The SMILES string of the molecule is CCCCN1C(=O)C(Nc2ccc(S(=O)(=O)NC(C)=O)cc2)=C(c2ccccc2)S1(O)O.CCCCN1C(=O)C(Nc2ccc3oc(C(=O)O)cc3c2)=C(c2ccccc2)S1(O)O.CCCCN1C(=O)C(Nc2ccc3oc(C(=O)OC(C)(C)C)cc3c2)=C(c2ccccc2)S1(O)O.CCCCN1C(=O)C(Nc2ccc3sc(C(=O)OCC)c(C)c3c2)=C(c2ccccc2)S1(O)O. The van der Waals surface area contributed by atoms with Gasteiger partial charge in [0.05, 0.1) is 11.5 Å². The van der Waals surface area contributed by atoms with Crippen LogP contribution in [0.4, 0.5) is 22.7 Å². The van der Waals surface area contributed by atoms with Gasteiger partial charge in [0.25, 0.3) is 33.7 Å². The second-order valence-corrected chi connectivity index (χ2v) is 41.9. The Morgan fingerprint density at radius 2 is 0.758 bits per heavy atom. The lowest BCUT2D eigenvalue weighted by Crippen LogP contribution is -2.31. The first-order chi connectivity index (χ1) is 62.7. The molecule has 0 unspecified atom stereocenters. The summed E-state index contributed by atoms with van der Waals surface area (Å²) in [6.45, 7) is 19.1. The zero-order chi connectivity index (χ0) is 95.5. The van der Waals surface area contributed by atoms with Crippen LogP contribution in [0.3, 0.4) is 0 Å². The zero-order valence-corrected chi connectivity index (χ0v) is 78.8. The Bertz CT molecular complexity index is 6430. The lowest BCUT2D eigenvalue weighted by atomic mass is 10.1. The van der Waals surface area contributed by atoms with Crippen molar-refractivity contribution >= 4 is 186 Å². The molecule has 0 fully saturated rings. The number of carbonyl (C=O) groups is 8. The second kappa shape index (κ2) is 41.7.